The van der Waals surface area contributed by atoms with Gasteiger partial charge in [0.2, 0.25) is 0 Å². The summed E-state index contributed by atoms with van der Waals surface area (Å²) in [6.45, 7) is 8.82. The normalized spacial score (nSPS) is 24.3. The average Bonchev–Trinajstić information content (AvgIpc) is 2.46. The van der Waals surface area contributed by atoms with E-state index in [-0.39, 0.29) is 22.7 Å². The highest BCUT2D eigenvalue weighted by molar-refractivity contribution is 7.89. The van der Waals surface area contributed by atoms with Gasteiger partial charge in [-0.1, -0.05) is 32.9 Å². The van der Waals surface area contributed by atoms with E-state index in [0.29, 0.717) is 13.0 Å². The van der Waals surface area contributed by atoms with Crippen molar-refractivity contribution in [1.29, 1.82) is 0 Å². The molecule has 1 fully saturated rings. The van der Waals surface area contributed by atoms with Crippen LogP contribution in [-0.2, 0) is 15.6 Å². The number of hydrogen-bond donors (Lipinski definition) is 2. The van der Waals surface area contributed by atoms with Crippen LogP contribution in [0, 0.1) is 5.41 Å². The number of carbonyl (C=O) groups is 1. The number of rotatable bonds is 4. The average molecular weight is 383 g/mol. The van der Waals surface area contributed by atoms with Gasteiger partial charge in [0.05, 0.1) is 5.75 Å². The molecule has 0 aliphatic carbocycles. The molecule has 0 spiro atoms. The minimum Gasteiger partial charge on any atom is -0.465 e. The van der Waals surface area contributed by atoms with E-state index in [1.165, 1.54) is 6.26 Å². The second-order valence-electron chi connectivity index (χ2n) is 8.76. The number of amides is 1. The molecule has 0 saturated carbocycles. The van der Waals surface area contributed by atoms with Gasteiger partial charge in [0.15, 0.2) is 9.84 Å². The fourth-order valence-electron chi connectivity index (χ4n) is 3.61. The van der Waals surface area contributed by atoms with Gasteiger partial charge in [0.25, 0.3) is 0 Å². The lowest BCUT2D eigenvalue weighted by molar-refractivity contribution is 0.0403. The minimum atomic E-state index is -3.05. The highest BCUT2D eigenvalue weighted by Crippen LogP contribution is 2.38. The Morgan fingerprint density at radius 3 is 2.35 bits per heavy atom. The summed E-state index contributed by atoms with van der Waals surface area (Å²) in [6, 6.07) is 7.35. The lowest BCUT2D eigenvalue weighted by Gasteiger charge is -2.49. The van der Waals surface area contributed by atoms with Crippen molar-refractivity contribution in [3.8, 4) is 0 Å². The molecule has 6 nitrogen and oxygen atoms in total. The third-order valence-corrected chi connectivity index (χ3v) is 5.86. The Kier molecular flexibility index (Phi) is 5.61. The first kappa shape index (κ1) is 20.6. The predicted molar refractivity (Wildman–Crippen MR) is 104 cm³/mol. The van der Waals surface area contributed by atoms with Crippen LogP contribution in [0.2, 0.25) is 0 Å². The number of anilines is 1. The third-order valence-electron chi connectivity index (χ3n) is 5.00. The molecule has 1 heterocycles. The zero-order valence-electron chi connectivity index (χ0n) is 16.2. The Labute approximate surface area is 156 Å². The first-order valence-corrected chi connectivity index (χ1v) is 10.9. The first-order valence-electron chi connectivity index (χ1n) is 8.83. The van der Waals surface area contributed by atoms with Gasteiger partial charge >= 0.3 is 6.09 Å². The van der Waals surface area contributed by atoms with E-state index >= 15 is 0 Å². The molecule has 1 saturated heterocycles. The zero-order valence-corrected chi connectivity index (χ0v) is 17.1. The predicted octanol–water partition coefficient (Wildman–Crippen LogP) is 3.59. The van der Waals surface area contributed by atoms with Crippen molar-refractivity contribution in [3.05, 3.63) is 29.8 Å². The molecule has 1 aromatic rings. The number of sulfone groups is 1. The van der Waals surface area contributed by atoms with Crippen LogP contribution in [0.1, 0.15) is 46.1 Å². The summed E-state index contributed by atoms with van der Waals surface area (Å²) in [5, 5.41) is 13.1. The Balaban J connectivity index is 2.14. The van der Waals surface area contributed by atoms with Crippen molar-refractivity contribution in [3.63, 3.8) is 0 Å². The quantitative estimate of drug-likeness (QED) is 0.831. The van der Waals surface area contributed by atoms with Crippen molar-refractivity contribution in [2.24, 2.45) is 5.41 Å². The fourth-order valence-corrected chi connectivity index (χ4v) is 4.41. The summed E-state index contributed by atoms with van der Waals surface area (Å²) in [5.41, 5.74) is 1.31. The number of nitrogens with one attached hydrogen (secondary N) is 1. The second kappa shape index (κ2) is 7.10. The monoisotopic (exact) mass is 382 g/mol. The van der Waals surface area contributed by atoms with Crippen LogP contribution >= 0.6 is 0 Å². The number of likely N-dealkylation sites (tertiary alicyclic amines) is 1. The van der Waals surface area contributed by atoms with Gasteiger partial charge in [-0.05, 0) is 42.9 Å². The first-order chi connectivity index (χ1) is 11.8. The van der Waals surface area contributed by atoms with Crippen molar-refractivity contribution in [2.75, 3.05) is 18.1 Å². The number of carboxylic acid groups (broad SMARTS) is 1. The molecule has 2 unspecified atom stereocenters. The maximum absolute atomic E-state index is 11.6. The minimum absolute atomic E-state index is 0.0320. The standard InChI is InChI=1S/C19H30N2O4S/c1-18(2,3)16-12-19(4,10-11-21(16)17(22)23)20-15-8-6-14(7-9-15)13-26(5,24)25/h6-9,16,20H,10-13H2,1-5H3,(H,22,23). The maximum Gasteiger partial charge on any atom is 0.407 e. The maximum atomic E-state index is 11.6. The number of piperidine rings is 1. The van der Waals surface area contributed by atoms with Crippen molar-refractivity contribution in [1.82, 2.24) is 4.90 Å². The second-order valence-corrected chi connectivity index (χ2v) is 10.9. The summed E-state index contributed by atoms with van der Waals surface area (Å²) in [4.78, 5) is 13.1. The summed E-state index contributed by atoms with van der Waals surface area (Å²) < 4.78 is 22.8. The molecule has 1 amide bonds. The van der Waals surface area contributed by atoms with Gasteiger partial charge < -0.3 is 15.3 Å². The summed E-state index contributed by atoms with van der Waals surface area (Å²) in [7, 11) is -3.05. The van der Waals surface area contributed by atoms with E-state index in [2.05, 4.69) is 33.0 Å². The Morgan fingerprint density at radius 1 is 1.31 bits per heavy atom. The van der Waals surface area contributed by atoms with Crippen LogP contribution < -0.4 is 5.32 Å². The van der Waals surface area contributed by atoms with Gasteiger partial charge in [0.1, 0.15) is 0 Å². The smallest absolute Gasteiger partial charge is 0.407 e. The Morgan fingerprint density at radius 2 is 1.88 bits per heavy atom. The van der Waals surface area contributed by atoms with Crippen LogP contribution in [0.15, 0.2) is 24.3 Å². The highest BCUT2D eigenvalue weighted by Gasteiger charge is 2.43. The molecule has 2 atom stereocenters. The fraction of sp³-hybridized carbons (Fsp3) is 0.632. The molecule has 1 aromatic carbocycles. The van der Waals surface area contributed by atoms with E-state index < -0.39 is 15.9 Å². The van der Waals surface area contributed by atoms with Crippen LogP contribution in [0.25, 0.3) is 0 Å². The summed E-state index contributed by atoms with van der Waals surface area (Å²) >= 11 is 0. The van der Waals surface area contributed by atoms with Crippen LogP contribution in [0.4, 0.5) is 10.5 Å². The molecule has 1 aliphatic rings. The summed E-state index contributed by atoms with van der Waals surface area (Å²) in [5.74, 6) is 0.0320. The molecule has 1 aliphatic heterocycles. The molecular weight excluding hydrogens is 352 g/mol. The third kappa shape index (κ3) is 5.37. The Bertz CT molecular complexity index is 753. The van der Waals surface area contributed by atoms with E-state index in [9.17, 15) is 18.3 Å². The Hall–Kier alpha value is -1.76. The van der Waals surface area contributed by atoms with E-state index in [1.54, 1.807) is 4.90 Å². The van der Waals surface area contributed by atoms with E-state index in [1.807, 2.05) is 24.3 Å². The highest BCUT2D eigenvalue weighted by atomic mass is 32.2. The largest absolute Gasteiger partial charge is 0.465 e. The molecule has 26 heavy (non-hydrogen) atoms. The van der Waals surface area contributed by atoms with E-state index in [0.717, 1.165) is 17.7 Å². The number of benzene rings is 1. The molecule has 7 heteroatoms. The lowest BCUT2D eigenvalue weighted by atomic mass is 9.74. The van der Waals surface area contributed by atoms with Crippen LogP contribution in [0.5, 0.6) is 0 Å². The molecule has 0 bridgehead atoms. The zero-order chi connectivity index (χ0) is 19.8. The molecule has 146 valence electrons. The van der Waals surface area contributed by atoms with Crippen LogP contribution in [0.3, 0.4) is 0 Å². The van der Waals surface area contributed by atoms with Gasteiger partial charge in [-0.15, -0.1) is 0 Å². The summed E-state index contributed by atoms with van der Waals surface area (Å²) in [6.07, 6.45) is 1.80. The van der Waals surface area contributed by atoms with Gasteiger partial charge in [-0.3, -0.25) is 0 Å². The van der Waals surface area contributed by atoms with E-state index in [4.69, 9.17) is 0 Å². The molecule has 0 radical (unpaired) electrons. The molecule has 0 aromatic heterocycles. The van der Waals surface area contributed by atoms with Crippen molar-refractivity contribution < 1.29 is 18.3 Å². The van der Waals surface area contributed by atoms with Gasteiger partial charge in [-0.25, -0.2) is 13.2 Å². The lowest BCUT2D eigenvalue weighted by Crippen LogP contribution is -2.58. The topological polar surface area (TPSA) is 86.7 Å². The van der Waals surface area contributed by atoms with Crippen molar-refractivity contribution in [2.45, 2.75) is 57.9 Å². The van der Waals surface area contributed by atoms with Gasteiger partial charge in [-0.2, -0.15) is 0 Å². The van der Waals surface area contributed by atoms with Crippen molar-refractivity contribution >= 4 is 21.6 Å². The molecule has 2 N–H and O–H groups in total. The van der Waals surface area contributed by atoms with Gasteiger partial charge in [0, 0.05) is 30.1 Å². The molecule has 2 rings (SSSR count). The van der Waals surface area contributed by atoms with Crippen LogP contribution in [-0.4, -0.2) is 48.9 Å². The number of hydrogen-bond acceptors (Lipinski definition) is 4. The molecular formula is C19H30N2O4S. The SMILES string of the molecule is CC1(Nc2ccc(CS(C)(=O)=O)cc2)CCN(C(=O)O)C(C(C)(C)C)C1. The number of nitrogens with zero attached hydrogens (tertiary/aromatic N) is 1.